The third-order valence-corrected chi connectivity index (χ3v) is 6.88. The van der Waals surface area contributed by atoms with Gasteiger partial charge in [0.1, 0.15) is 5.54 Å². The van der Waals surface area contributed by atoms with E-state index in [1.165, 1.54) is 23.1 Å². The summed E-state index contributed by atoms with van der Waals surface area (Å²) in [6.07, 6.45) is 4.56. The van der Waals surface area contributed by atoms with Gasteiger partial charge in [0.2, 0.25) is 5.91 Å². The molecule has 0 saturated heterocycles. The number of carbonyl (C=O) groups excluding carboxylic acids is 1. The molecule has 1 amide bonds. The number of thioether (sulfide) groups is 1. The van der Waals surface area contributed by atoms with Crippen LogP contribution in [0.5, 0.6) is 0 Å². The zero-order chi connectivity index (χ0) is 18.6. The number of hydrogen-bond acceptors (Lipinski definition) is 6. The standard InChI is InChI=1S/C18H20N4OS3/c1-13(15(23)20-18(12-19)10-6-3-7-11-18)25-16-21-22(17(24)26-16)14-8-4-2-5-9-14/h2,4-5,8-9,13H,3,6-7,10-11H2,1H3,(H,20,23). The molecule has 1 unspecified atom stereocenters. The molecule has 0 radical (unpaired) electrons. The van der Waals surface area contributed by atoms with Gasteiger partial charge in [-0.05, 0) is 44.1 Å². The summed E-state index contributed by atoms with van der Waals surface area (Å²) < 4.78 is 3.11. The van der Waals surface area contributed by atoms with E-state index < -0.39 is 5.54 Å². The lowest BCUT2D eigenvalue weighted by Crippen LogP contribution is -2.50. The van der Waals surface area contributed by atoms with E-state index in [1.807, 2.05) is 37.3 Å². The van der Waals surface area contributed by atoms with Crippen LogP contribution in [0.3, 0.4) is 0 Å². The number of benzene rings is 1. The lowest BCUT2D eigenvalue weighted by Gasteiger charge is -2.32. The average molecular weight is 405 g/mol. The first-order valence-corrected chi connectivity index (χ1v) is 10.7. The summed E-state index contributed by atoms with van der Waals surface area (Å²) in [5.74, 6) is -0.120. The minimum atomic E-state index is -0.708. The minimum absolute atomic E-state index is 0.120. The van der Waals surface area contributed by atoms with Crippen molar-refractivity contribution in [1.82, 2.24) is 15.1 Å². The second-order valence-electron chi connectivity index (χ2n) is 6.39. The molecule has 1 aliphatic rings. The molecule has 26 heavy (non-hydrogen) atoms. The molecule has 5 nitrogen and oxygen atoms in total. The summed E-state index contributed by atoms with van der Waals surface area (Å²) >= 11 is 8.17. The van der Waals surface area contributed by atoms with E-state index >= 15 is 0 Å². The monoisotopic (exact) mass is 404 g/mol. The number of nitrogens with one attached hydrogen (secondary N) is 1. The highest BCUT2D eigenvalue weighted by atomic mass is 32.2. The highest BCUT2D eigenvalue weighted by Gasteiger charge is 2.35. The second kappa shape index (κ2) is 8.33. The lowest BCUT2D eigenvalue weighted by molar-refractivity contribution is -0.121. The van der Waals surface area contributed by atoms with Gasteiger partial charge in [-0.2, -0.15) is 5.26 Å². The number of hydrogen-bond donors (Lipinski definition) is 1. The zero-order valence-corrected chi connectivity index (χ0v) is 16.9. The molecule has 1 aliphatic carbocycles. The van der Waals surface area contributed by atoms with E-state index in [4.69, 9.17) is 12.2 Å². The predicted octanol–water partition coefficient (Wildman–Crippen LogP) is 4.49. The van der Waals surface area contributed by atoms with Crippen molar-refractivity contribution in [2.24, 2.45) is 0 Å². The Morgan fingerprint density at radius 3 is 2.73 bits per heavy atom. The van der Waals surface area contributed by atoms with Gasteiger partial charge in [-0.25, -0.2) is 4.68 Å². The summed E-state index contributed by atoms with van der Waals surface area (Å²) in [4.78, 5) is 12.6. The summed E-state index contributed by atoms with van der Waals surface area (Å²) in [5.41, 5.74) is 0.198. The van der Waals surface area contributed by atoms with Crippen LogP contribution >= 0.6 is 35.3 Å². The number of amides is 1. The zero-order valence-electron chi connectivity index (χ0n) is 14.5. The molecule has 2 aromatic rings. The van der Waals surface area contributed by atoms with Crippen LogP contribution < -0.4 is 5.32 Å². The fourth-order valence-corrected chi connectivity index (χ4v) is 5.51. The third kappa shape index (κ3) is 4.34. The van der Waals surface area contributed by atoms with Crippen LogP contribution in [0.1, 0.15) is 39.0 Å². The fraction of sp³-hybridized carbons (Fsp3) is 0.444. The van der Waals surface area contributed by atoms with Crippen LogP contribution in [-0.4, -0.2) is 26.5 Å². The maximum atomic E-state index is 12.6. The molecule has 1 atom stereocenters. The Bertz CT molecular complexity index is 863. The number of nitriles is 1. The van der Waals surface area contributed by atoms with Gasteiger partial charge in [-0.15, -0.1) is 5.10 Å². The van der Waals surface area contributed by atoms with E-state index in [-0.39, 0.29) is 11.2 Å². The van der Waals surface area contributed by atoms with Crippen molar-refractivity contribution < 1.29 is 4.79 Å². The van der Waals surface area contributed by atoms with Gasteiger partial charge in [-0.1, -0.05) is 60.6 Å². The Labute approximate surface area is 166 Å². The van der Waals surface area contributed by atoms with E-state index in [2.05, 4.69) is 16.5 Å². The van der Waals surface area contributed by atoms with E-state index in [0.29, 0.717) is 3.95 Å². The van der Waals surface area contributed by atoms with Gasteiger partial charge < -0.3 is 5.32 Å². The topological polar surface area (TPSA) is 70.7 Å². The minimum Gasteiger partial charge on any atom is -0.337 e. The maximum Gasteiger partial charge on any atom is 0.234 e. The molecule has 1 aromatic heterocycles. The Morgan fingerprint density at radius 2 is 2.08 bits per heavy atom. The Kier molecular flexibility index (Phi) is 6.12. The largest absolute Gasteiger partial charge is 0.337 e. The van der Waals surface area contributed by atoms with E-state index in [1.54, 1.807) is 4.68 Å². The molecule has 1 N–H and O–H groups in total. The van der Waals surface area contributed by atoms with Crippen LogP contribution in [0.4, 0.5) is 0 Å². The molecule has 0 bridgehead atoms. The molecule has 8 heteroatoms. The fourth-order valence-electron chi connectivity index (χ4n) is 3.00. The molecular formula is C18H20N4OS3. The SMILES string of the molecule is CC(Sc1nn(-c2ccccc2)c(=S)s1)C(=O)NC1(C#N)CCCCC1. The average Bonchev–Trinajstić information content (AvgIpc) is 3.03. The first kappa shape index (κ1) is 19.1. The number of para-hydroxylation sites is 1. The van der Waals surface area contributed by atoms with Gasteiger partial charge in [-0.3, -0.25) is 4.79 Å². The molecule has 3 rings (SSSR count). The van der Waals surface area contributed by atoms with E-state index in [9.17, 15) is 10.1 Å². The molecule has 1 heterocycles. The van der Waals surface area contributed by atoms with Gasteiger partial charge in [0.25, 0.3) is 0 Å². The molecule has 1 fully saturated rings. The molecule has 1 saturated carbocycles. The quantitative estimate of drug-likeness (QED) is 0.587. The molecule has 0 spiro atoms. The van der Waals surface area contributed by atoms with Crippen molar-refractivity contribution in [3.63, 3.8) is 0 Å². The van der Waals surface area contributed by atoms with E-state index in [0.717, 1.165) is 42.1 Å². The van der Waals surface area contributed by atoms with Crippen molar-refractivity contribution in [1.29, 1.82) is 5.26 Å². The Balaban J connectivity index is 1.68. The summed E-state index contributed by atoms with van der Waals surface area (Å²) in [6.45, 7) is 1.84. The highest BCUT2D eigenvalue weighted by molar-refractivity contribution is 8.02. The maximum absolute atomic E-state index is 12.6. The number of rotatable bonds is 5. The van der Waals surface area contributed by atoms with Crippen LogP contribution in [0.25, 0.3) is 5.69 Å². The van der Waals surface area contributed by atoms with Gasteiger partial charge in [0.15, 0.2) is 8.29 Å². The van der Waals surface area contributed by atoms with Gasteiger partial charge in [0, 0.05) is 0 Å². The van der Waals surface area contributed by atoms with Crippen molar-refractivity contribution in [2.75, 3.05) is 0 Å². The normalized spacial score (nSPS) is 17.2. The molecule has 1 aromatic carbocycles. The smallest absolute Gasteiger partial charge is 0.234 e. The number of nitrogens with zero attached hydrogens (tertiary/aromatic N) is 3. The molecule has 136 valence electrons. The summed E-state index contributed by atoms with van der Waals surface area (Å²) in [7, 11) is 0. The predicted molar refractivity (Wildman–Crippen MR) is 107 cm³/mol. The summed E-state index contributed by atoms with van der Waals surface area (Å²) in [5, 5.41) is 16.7. The second-order valence-corrected chi connectivity index (χ2v) is 9.60. The van der Waals surface area contributed by atoms with Crippen LogP contribution in [0, 0.1) is 15.3 Å². The Morgan fingerprint density at radius 1 is 1.38 bits per heavy atom. The van der Waals surface area contributed by atoms with Crippen LogP contribution in [0.15, 0.2) is 34.7 Å². The van der Waals surface area contributed by atoms with Crippen molar-refractivity contribution in [2.45, 2.75) is 54.2 Å². The lowest BCUT2D eigenvalue weighted by atomic mass is 9.83. The molecule has 0 aliphatic heterocycles. The Hall–Kier alpha value is -1.69. The number of aromatic nitrogens is 2. The van der Waals surface area contributed by atoms with Crippen LogP contribution in [-0.2, 0) is 4.79 Å². The van der Waals surface area contributed by atoms with Crippen molar-refractivity contribution in [3.8, 4) is 11.8 Å². The van der Waals surface area contributed by atoms with Crippen molar-refractivity contribution in [3.05, 3.63) is 34.3 Å². The van der Waals surface area contributed by atoms with Gasteiger partial charge >= 0.3 is 0 Å². The summed E-state index contributed by atoms with van der Waals surface area (Å²) in [6, 6.07) is 12.0. The van der Waals surface area contributed by atoms with Gasteiger partial charge in [0.05, 0.1) is 17.0 Å². The number of carbonyl (C=O) groups is 1. The first-order valence-electron chi connectivity index (χ1n) is 8.58. The highest BCUT2D eigenvalue weighted by Crippen LogP contribution is 2.30. The van der Waals surface area contributed by atoms with Crippen molar-refractivity contribution >= 4 is 41.2 Å². The first-order chi connectivity index (χ1) is 12.5. The third-order valence-electron chi connectivity index (χ3n) is 4.46. The van der Waals surface area contributed by atoms with Crippen LogP contribution in [0.2, 0.25) is 0 Å². The molecular weight excluding hydrogens is 384 g/mol.